The highest BCUT2D eigenvalue weighted by Gasteiger charge is 2.27. The van der Waals surface area contributed by atoms with E-state index in [4.69, 9.17) is 10.5 Å². The van der Waals surface area contributed by atoms with Crippen LogP contribution in [0.25, 0.3) is 0 Å². The van der Waals surface area contributed by atoms with Gasteiger partial charge in [-0.15, -0.1) is 0 Å². The van der Waals surface area contributed by atoms with Crippen LogP contribution in [-0.4, -0.2) is 36.7 Å². The van der Waals surface area contributed by atoms with Crippen LogP contribution in [0.4, 0.5) is 4.79 Å². The minimum Gasteiger partial charge on any atom is -0.449 e. The molecule has 84 valence electrons. The lowest BCUT2D eigenvalue weighted by atomic mass is 10.1. The third-order valence-corrected chi connectivity index (χ3v) is 2.22. The number of rotatable bonds is 4. The maximum atomic E-state index is 11.5. The number of carbonyl (C=O) groups excluding carboxylic acids is 1. The van der Waals surface area contributed by atoms with Gasteiger partial charge in [0.15, 0.2) is 0 Å². The van der Waals surface area contributed by atoms with E-state index < -0.39 is 0 Å². The molecule has 0 rings (SSSR count). The first-order chi connectivity index (χ1) is 6.31. The first kappa shape index (κ1) is 13.2. The van der Waals surface area contributed by atoms with Crippen LogP contribution < -0.4 is 5.73 Å². The van der Waals surface area contributed by atoms with E-state index >= 15 is 0 Å². The molecule has 0 aliphatic carbocycles. The third-order valence-electron chi connectivity index (χ3n) is 2.22. The molecule has 0 atom stereocenters. The predicted molar refractivity (Wildman–Crippen MR) is 57.1 cm³/mol. The SMILES string of the molecule is CC(C)COC(=O)N(C)C(C)(C)CN. The van der Waals surface area contributed by atoms with E-state index in [9.17, 15) is 4.79 Å². The Bertz CT molecular complexity index is 191. The van der Waals surface area contributed by atoms with Crippen LogP contribution in [0.2, 0.25) is 0 Å². The topological polar surface area (TPSA) is 55.6 Å². The number of hydrogen-bond acceptors (Lipinski definition) is 3. The van der Waals surface area contributed by atoms with Gasteiger partial charge in [-0.2, -0.15) is 0 Å². The number of hydrogen-bond donors (Lipinski definition) is 1. The first-order valence-electron chi connectivity index (χ1n) is 4.92. The van der Waals surface area contributed by atoms with Crippen LogP contribution in [0.1, 0.15) is 27.7 Å². The van der Waals surface area contributed by atoms with Crippen molar-refractivity contribution in [3.8, 4) is 0 Å². The van der Waals surface area contributed by atoms with E-state index in [1.807, 2.05) is 27.7 Å². The van der Waals surface area contributed by atoms with Crippen molar-refractivity contribution in [2.75, 3.05) is 20.2 Å². The summed E-state index contributed by atoms with van der Waals surface area (Å²) in [7, 11) is 1.70. The van der Waals surface area contributed by atoms with Crippen molar-refractivity contribution >= 4 is 6.09 Å². The largest absolute Gasteiger partial charge is 0.449 e. The molecule has 4 nitrogen and oxygen atoms in total. The summed E-state index contributed by atoms with van der Waals surface area (Å²) >= 11 is 0. The molecule has 0 aliphatic rings. The van der Waals surface area contributed by atoms with Crippen molar-refractivity contribution in [3.05, 3.63) is 0 Å². The lowest BCUT2D eigenvalue weighted by molar-refractivity contribution is 0.0701. The quantitative estimate of drug-likeness (QED) is 0.750. The van der Waals surface area contributed by atoms with E-state index in [2.05, 4.69) is 0 Å². The number of carbonyl (C=O) groups is 1. The molecule has 0 saturated carbocycles. The smallest absolute Gasteiger partial charge is 0.409 e. The normalized spacial score (nSPS) is 11.6. The zero-order chi connectivity index (χ0) is 11.4. The molecule has 0 spiro atoms. The van der Waals surface area contributed by atoms with Gasteiger partial charge in [-0.05, 0) is 19.8 Å². The molecule has 0 aromatic rings. The van der Waals surface area contributed by atoms with Crippen LogP contribution in [0.15, 0.2) is 0 Å². The lowest BCUT2D eigenvalue weighted by Gasteiger charge is -2.33. The molecule has 0 fully saturated rings. The molecule has 4 heteroatoms. The Hall–Kier alpha value is -0.770. The Morgan fingerprint density at radius 3 is 2.36 bits per heavy atom. The predicted octanol–water partition coefficient (Wildman–Crippen LogP) is 1.45. The monoisotopic (exact) mass is 202 g/mol. The van der Waals surface area contributed by atoms with Gasteiger partial charge in [-0.25, -0.2) is 4.79 Å². The Labute approximate surface area is 86.4 Å². The maximum Gasteiger partial charge on any atom is 0.409 e. The Kier molecular flexibility index (Phi) is 4.91. The highest BCUT2D eigenvalue weighted by atomic mass is 16.6. The van der Waals surface area contributed by atoms with Gasteiger partial charge in [-0.3, -0.25) is 0 Å². The van der Waals surface area contributed by atoms with Gasteiger partial charge < -0.3 is 15.4 Å². The zero-order valence-electron chi connectivity index (χ0n) is 9.83. The molecular formula is C10H22N2O2. The van der Waals surface area contributed by atoms with Crippen LogP contribution in [0.3, 0.4) is 0 Å². The molecule has 0 saturated heterocycles. The molecule has 0 aromatic heterocycles. The van der Waals surface area contributed by atoms with Crippen LogP contribution in [-0.2, 0) is 4.74 Å². The second-order valence-electron chi connectivity index (χ2n) is 4.55. The summed E-state index contributed by atoms with van der Waals surface area (Å²) < 4.78 is 5.08. The summed E-state index contributed by atoms with van der Waals surface area (Å²) in [6, 6.07) is 0. The summed E-state index contributed by atoms with van der Waals surface area (Å²) in [5.41, 5.74) is 5.20. The summed E-state index contributed by atoms with van der Waals surface area (Å²) in [4.78, 5) is 13.0. The molecule has 2 N–H and O–H groups in total. The molecule has 0 aromatic carbocycles. The molecule has 0 radical (unpaired) electrons. The summed E-state index contributed by atoms with van der Waals surface area (Å²) in [6.07, 6.45) is -0.311. The van der Waals surface area contributed by atoms with Gasteiger partial charge in [0, 0.05) is 13.6 Å². The van der Waals surface area contributed by atoms with Crippen molar-refractivity contribution in [3.63, 3.8) is 0 Å². The number of nitrogens with zero attached hydrogens (tertiary/aromatic N) is 1. The molecular weight excluding hydrogens is 180 g/mol. The van der Waals surface area contributed by atoms with E-state index in [-0.39, 0.29) is 11.6 Å². The summed E-state index contributed by atoms with van der Waals surface area (Å²) in [6.45, 7) is 8.68. The number of nitrogens with two attached hydrogens (primary N) is 1. The van der Waals surface area contributed by atoms with Crippen LogP contribution in [0, 0.1) is 5.92 Å². The fourth-order valence-corrected chi connectivity index (χ4v) is 0.719. The van der Waals surface area contributed by atoms with Gasteiger partial charge in [0.1, 0.15) is 0 Å². The van der Waals surface area contributed by atoms with Crippen LogP contribution in [0.5, 0.6) is 0 Å². The minimum absolute atomic E-state index is 0.311. The fraction of sp³-hybridized carbons (Fsp3) is 0.900. The highest BCUT2D eigenvalue weighted by molar-refractivity contribution is 5.68. The van der Waals surface area contributed by atoms with Gasteiger partial charge in [0.05, 0.1) is 12.1 Å². The van der Waals surface area contributed by atoms with Gasteiger partial charge in [0.2, 0.25) is 0 Å². The Morgan fingerprint density at radius 2 is 2.00 bits per heavy atom. The lowest BCUT2D eigenvalue weighted by Crippen LogP contribution is -2.50. The van der Waals surface area contributed by atoms with Crippen molar-refractivity contribution in [1.82, 2.24) is 4.90 Å². The molecule has 0 heterocycles. The van der Waals surface area contributed by atoms with E-state index in [1.54, 1.807) is 7.05 Å². The van der Waals surface area contributed by atoms with Crippen molar-refractivity contribution < 1.29 is 9.53 Å². The number of amides is 1. The number of likely N-dealkylation sites (N-methyl/N-ethyl adjacent to an activating group) is 1. The van der Waals surface area contributed by atoms with Crippen LogP contribution >= 0.6 is 0 Å². The van der Waals surface area contributed by atoms with Crippen molar-refractivity contribution in [1.29, 1.82) is 0 Å². The third kappa shape index (κ3) is 3.96. The molecule has 0 bridgehead atoms. The van der Waals surface area contributed by atoms with Crippen molar-refractivity contribution in [2.45, 2.75) is 33.2 Å². The van der Waals surface area contributed by atoms with Crippen molar-refractivity contribution in [2.24, 2.45) is 11.7 Å². The van der Waals surface area contributed by atoms with E-state index in [1.165, 1.54) is 4.90 Å². The molecule has 1 amide bonds. The average Bonchev–Trinajstić information content (AvgIpc) is 2.12. The molecule has 14 heavy (non-hydrogen) atoms. The average molecular weight is 202 g/mol. The van der Waals surface area contributed by atoms with Gasteiger partial charge >= 0.3 is 6.09 Å². The summed E-state index contributed by atoms with van der Waals surface area (Å²) in [5.74, 6) is 0.355. The first-order valence-corrected chi connectivity index (χ1v) is 4.92. The summed E-state index contributed by atoms with van der Waals surface area (Å²) in [5, 5.41) is 0. The van der Waals surface area contributed by atoms with Gasteiger partial charge in [-0.1, -0.05) is 13.8 Å². The zero-order valence-corrected chi connectivity index (χ0v) is 9.83. The second kappa shape index (κ2) is 5.20. The maximum absolute atomic E-state index is 11.5. The Morgan fingerprint density at radius 1 is 1.50 bits per heavy atom. The highest BCUT2D eigenvalue weighted by Crippen LogP contribution is 2.11. The molecule has 0 aliphatic heterocycles. The van der Waals surface area contributed by atoms with E-state index in [0.29, 0.717) is 19.1 Å². The standard InChI is InChI=1S/C10H22N2O2/c1-8(2)6-14-9(13)12(5)10(3,4)7-11/h8H,6-7,11H2,1-5H3. The van der Waals surface area contributed by atoms with Gasteiger partial charge in [0.25, 0.3) is 0 Å². The Balaban J connectivity index is 4.12. The fourth-order valence-electron chi connectivity index (χ4n) is 0.719. The second-order valence-corrected chi connectivity index (χ2v) is 4.55. The molecule has 0 unspecified atom stereocenters. The number of ether oxygens (including phenoxy) is 1. The minimum atomic E-state index is -0.353. The van der Waals surface area contributed by atoms with E-state index in [0.717, 1.165) is 0 Å².